The van der Waals surface area contributed by atoms with Gasteiger partial charge in [-0.05, 0) is 38.1 Å². The number of rotatable bonds is 6. The minimum atomic E-state index is -0.231. The molecule has 0 fully saturated rings. The Morgan fingerprint density at radius 1 is 1.13 bits per heavy atom. The number of benzene rings is 2. The molecule has 2 aromatic rings. The van der Waals surface area contributed by atoms with Gasteiger partial charge in [0.1, 0.15) is 11.8 Å². The van der Waals surface area contributed by atoms with Gasteiger partial charge < -0.3 is 15.4 Å². The van der Waals surface area contributed by atoms with E-state index < -0.39 is 0 Å². The van der Waals surface area contributed by atoms with Crippen LogP contribution >= 0.6 is 11.6 Å². The molecule has 2 atom stereocenters. The predicted octanol–water partition coefficient (Wildman–Crippen LogP) is 3.00. The van der Waals surface area contributed by atoms with Crippen LogP contribution < -0.4 is 15.4 Å². The second-order valence-electron chi connectivity index (χ2n) is 5.51. The SMILES string of the molecule is COc1ccccc1NC(=O)[C@H](C)[NH2+][C@H](C)c1ccc(Cl)cc1. The summed E-state index contributed by atoms with van der Waals surface area (Å²) in [6.07, 6.45) is 0. The average Bonchev–Trinajstić information content (AvgIpc) is 2.55. The molecule has 0 aliphatic rings. The van der Waals surface area contributed by atoms with Crippen molar-refractivity contribution >= 4 is 23.2 Å². The van der Waals surface area contributed by atoms with Crippen molar-refractivity contribution in [1.29, 1.82) is 0 Å². The van der Waals surface area contributed by atoms with Crippen LogP contribution in [0.2, 0.25) is 5.02 Å². The van der Waals surface area contributed by atoms with E-state index in [0.29, 0.717) is 16.5 Å². The van der Waals surface area contributed by atoms with Crippen LogP contribution in [0.1, 0.15) is 25.5 Å². The number of nitrogens with one attached hydrogen (secondary N) is 1. The summed E-state index contributed by atoms with van der Waals surface area (Å²) in [6.45, 7) is 3.95. The van der Waals surface area contributed by atoms with Gasteiger partial charge in [0.15, 0.2) is 6.04 Å². The third-order valence-corrected chi connectivity index (χ3v) is 4.00. The van der Waals surface area contributed by atoms with E-state index >= 15 is 0 Å². The van der Waals surface area contributed by atoms with Gasteiger partial charge in [0.25, 0.3) is 5.91 Å². The lowest BCUT2D eigenvalue weighted by molar-refractivity contribution is -0.709. The maximum absolute atomic E-state index is 12.4. The van der Waals surface area contributed by atoms with Crippen molar-refractivity contribution in [3.8, 4) is 5.75 Å². The van der Waals surface area contributed by atoms with Crippen molar-refractivity contribution in [2.24, 2.45) is 0 Å². The number of carbonyl (C=O) groups is 1. The van der Waals surface area contributed by atoms with Gasteiger partial charge in [-0.1, -0.05) is 35.9 Å². The zero-order valence-corrected chi connectivity index (χ0v) is 14.3. The molecule has 3 N–H and O–H groups in total. The Hall–Kier alpha value is -2.04. The van der Waals surface area contributed by atoms with Crippen molar-refractivity contribution in [3.63, 3.8) is 0 Å². The molecule has 0 unspecified atom stereocenters. The van der Waals surface area contributed by atoms with Gasteiger partial charge in [0, 0.05) is 10.6 Å². The number of hydrogen-bond donors (Lipinski definition) is 2. The fourth-order valence-corrected chi connectivity index (χ4v) is 2.52. The molecule has 4 nitrogen and oxygen atoms in total. The molecule has 2 rings (SSSR count). The van der Waals surface area contributed by atoms with E-state index in [4.69, 9.17) is 16.3 Å². The quantitative estimate of drug-likeness (QED) is 0.853. The third kappa shape index (κ3) is 4.71. The molecule has 0 bridgehead atoms. The van der Waals surface area contributed by atoms with Gasteiger partial charge >= 0.3 is 0 Å². The van der Waals surface area contributed by atoms with Gasteiger partial charge in [-0.2, -0.15) is 0 Å². The van der Waals surface area contributed by atoms with E-state index in [1.807, 2.05) is 60.8 Å². The molecule has 0 aliphatic carbocycles. The molecule has 122 valence electrons. The third-order valence-electron chi connectivity index (χ3n) is 3.75. The molecule has 23 heavy (non-hydrogen) atoms. The molecule has 5 heteroatoms. The lowest BCUT2D eigenvalue weighted by atomic mass is 10.1. The molecular formula is C18H22ClN2O2+. The predicted molar refractivity (Wildman–Crippen MR) is 92.9 cm³/mol. The van der Waals surface area contributed by atoms with Crippen LogP contribution in [0.4, 0.5) is 5.69 Å². The number of anilines is 1. The number of halogens is 1. The van der Waals surface area contributed by atoms with Crippen LogP contribution in [-0.4, -0.2) is 19.1 Å². The molecule has 0 aliphatic heterocycles. The molecule has 0 saturated carbocycles. The number of nitrogens with two attached hydrogens (primary N) is 1. The summed E-state index contributed by atoms with van der Waals surface area (Å²) in [6, 6.07) is 15.0. The summed E-state index contributed by atoms with van der Waals surface area (Å²) in [5, 5.41) is 5.64. The lowest BCUT2D eigenvalue weighted by Gasteiger charge is -2.17. The number of amides is 1. The fourth-order valence-electron chi connectivity index (χ4n) is 2.39. The maximum Gasteiger partial charge on any atom is 0.282 e. The topological polar surface area (TPSA) is 54.9 Å². The smallest absolute Gasteiger partial charge is 0.282 e. The van der Waals surface area contributed by atoms with Crippen LogP contribution in [-0.2, 0) is 4.79 Å². The molecule has 1 amide bonds. The number of quaternary nitrogens is 1. The highest BCUT2D eigenvalue weighted by molar-refractivity contribution is 6.30. The van der Waals surface area contributed by atoms with Gasteiger partial charge in [-0.15, -0.1) is 0 Å². The Morgan fingerprint density at radius 2 is 1.78 bits per heavy atom. The van der Waals surface area contributed by atoms with Crippen molar-refractivity contribution in [2.45, 2.75) is 25.9 Å². The van der Waals surface area contributed by atoms with E-state index in [1.165, 1.54) is 0 Å². The van der Waals surface area contributed by atoms with Crippen LogP contribution in [0.5, 0.6) is 5.75 Å². The van der Waals surface area contributed by atoms with Crippen molar-refractivity contribution in [2.75, 3.05) is 12.4 Å². The maximum atomic E-state index is 12.4. The summed E-state index contributed by atoms with van der Waals surface area (Å²) in [4.78, 5) is 12.4. The zero-order chi connectivity index (χ0) is 16.8. The number of hydrogen-bond acceptors (Lipinski definition) is 2. The van der Waals surface area contributed by atoms with E-state index in [0.717, 1.165) is 5.56 Å². The monoisotopic (exact) mass is 333 g/mol. The Labute approximate surface area is 141 Å². The summed E-state index contributed by atoms with van der Waals surface area (Å²) >= 11 is 5.91. The molecule has 0 radical (unpaired) electrons. The van der Waals surface area contributed by atoms with Crippen LogP contribution in [0.3, 0.4) is 0 Å². The fraction of sp³-hybridized carbons (Fsp3) is 0.278. The number of ether oxygens (including phenoxy) is 1. The number of methoxy groups -OCH3 is 1. The lowest BCUT2D eigenvalue weighted by Crippen LogP contribution is -2.91. The zero-order valence-electron chi connectivity index (χ0n) is 13.5. The summed E-state index contributed by atoms with van der Waals surface area (Å²) in [5.41, 5.74) is 1.81. The first-order valence-corrected chi connectivity index (χ1v) is 7.93. The Balaban J connectivity index is 1.98. The normalized spacial score (nSPS) is 13.2. The highest BCUT2D eigenvalue weighted by atomic mass is 35.5. The van der Waals surface area contributed by atoms with Gasteiger partial charge in [0.05, 0.1) is 12.8 Å². The van der Waals surface area contributed by atoms with E-state index in [1.54, 1.807) is 7.11 Å². The first-order valence-electron chi connectivity index (χ1n) is 7.55. The molecule has 0 aromatic heterocycles. The second kappa shape index (κ2) is 7.99. The number of carbonyl (C=O) groups excluding carboxylic acids is 1. The minimum Gasteiger partial charge on any atom is -0.495 e. The Kier molecular flexibility index (Phi) is 6.02. The second-order valence-corrected chi connectivity index (χ2v) is 5.95. The van der Waals surface area contributed by atoms with E-state index in [2.05, 4.69) is 12.2 Å². The minimum absolute atomic E-state index is 0.0599. The van der Waals surface area contributed by atoms with Crippen LogP contribution in [0, 0.1) is 0 Å². The summed E-state index contributed by atoms with van der Waals surface area (Å²) in [5.74, 6) is 0.592. The first-order chi connectivity index (χ1) is 11.0. The van der Waals surface area contributed by atoms with Gasteiger partial charge in [0.2, 0.25) is 0 Å². The first kappa shape index (κ1) is 17.3. The molecule has 0 heterocycles. The molecular weight excluding hydrogens is 312 g/mol. The Morgan fingerprint density at radius 3 is 2.43 bits per heavy atom. The highest BCUT2D eigenvalue weighted by Gasteiger charge is 2.21. The molecule has 0 spiro atoms. The van der Waals surface area contributed by atoms with Crippen molar-refractivity contribution in [1.82, 2.24) is 0 Å². The summed E-state index contributed by atoms with van der Waals surface area (Å²) in [7, 11) is 1.59. The standard InChI is InChI=1S/C18H21ClN2O2/c1-12(14-8-10-15(19)11-9-14)20-13(2)18(22)21-16-6-4-5-7-17(16)23-3/h4-13,20H,1-3H3,(H,21,22)/p+1/t12-,13+/m1/s1. The average molecular weight is 334 g/mol. The Bertz CT molecular complexity index is 658. The van der Waals surface area contributed by atoms with E-state index in [9.17, 15) is 4.79 Å². The molecule has 0 saturated heterocycles. The number of para-hydroxylation sites is 2. The van der Waals surface area contributed by atoms with E-state index in [-0.39, 0.29) is 18.0 Å². The van der Waals surface area contributed by atoms with Gasteiger partial charge in [-0.25, -0.2) is 0 Å². The largest absolute Gasteiger partial charge is 0.495 e. The molecule has 2 aromatic carbocycles. The van der Waals surface area contributed by atoms with Crippen LogP contribution in [0.15, 0.2) is 48.5 Å². The van der Waals surface area contributed by atoms with Crippen LogP contribution in [0.25, 0.3) is 0 Å². The van der Waals surface area contributed by atoms with Crippen molar-refractivity contribution in [3.05, 3.63) is 59.1 Å². The van der Waals surface area contributed by atoms with Gasteiger partial charge in [-0.3, -0.25) is 4.79 Å². The highest BCUT2D eigenvalue weighted by Crippen LogP contribution is 2.23. The summed E-state index contributed by atoms with van der Waals surface area (Å²) < 4.78 is 5.25. The van der Waals surface area contributed by atoms with Crippen molar-refractivity contribution < 1.29 is 14.8 Å².